The molecule has 1 atom stereocenters. The van der Waals surface area contributed by atoms with Gasteiger partial charge in [0.15, 0.2) is 11.6 Å². The van der Waals surface area contributed by atoms with Crippen LogP contribution in [0.5, 0.6) is 0 Å². The number of rotatable bonds is 8. The molecule has 0 saturated heterocycles. The lowest BCUT2D eigenvalue weighted by molar-refractivity contribution is 0.589. The Kier molecular flexibility index (Phi) is 6.39. The van der Waals surface area contributed by atoms with Gasteiger partial charge in [-0.3, -0.25) is 0 Å². The Morgan fingerprint density at radius 1 is 1.28 bits per heavy atom. The molecule has 0 bridgehead atoms. The fourth-order valence-corrected chi connectivity index (χ4v) is 1.71. The first-order valence-electron chi connectivity index (χ1n) is 6.74. The molecular weight excluding hydrogens is 231 g/mol. The molecule has 102 valence electrons. The van der Waals surface area contributed by atoms with E-state index in [2.05, 4.69) is 41.4 Å². The van der Waals surface area contributed by atoms with Crippen LogP contribution in [-0.2, 0) is 0 Å². The van der Waals surface area contributed by atoms with Crippen molar-refractivity contribution in [3.05, 3.63) is 12.0 Å². The van der Waals surface area contributed by atoms with Crippen LogP contribution >= 0.6 is 0 Å². The van der Waals surface area contributed by atoms with Crippen LogP contribution in [0.15, 0.2) is 6.20 Å². The highest BCUT2D eigenvalue weighted by atomic mass is 19.1. The van der Waals surface area contributed by atoms with E-state index in [1.807, 2.05) is 0 Å². The second-order valence-electron chi connectivity index (χ2n) is 4.36. The van der Waals surface area contributed by atoms with Gasteiger partial charge in [0.2, 0.25) is 5.95 Å². The fraction of sp³-hybridized carbons (Fsp3) is 0.692. The molecule has 1 unspecified atom stereocenters. The largest absolute Gasteiger partial charge is 0.365 e. The molecule has 0 aliphatic heterocycles. The Morgan fingerprint density at radius 3 is 2.67 bits per heavy atom. The van der Waals surface area contributed by atoms with Crippen molar-refractivity contribution in [1.82, 2.24) is 9.97 Å². The van der Waals surface area contributed by atoms with E-state index in [4.69, 9.17) is 0 Å². The molecule has 4 nitrogen and oxygen atoms in total. The van der Waals surface area contributed by atoms with Gasteiger partial charge < -0.3 is 10.6 Å². The van der Waals surface area contributed by atoms with Gasteiger partial charge in [-0.1, -0.05) is 27.2 Å². The molecule has 0 fully saturated rings. The SMILES string of the molecule is CCCNc1ncc(F)c(NC(CC)CCC)n1. The molecule has 0 aliphatic rings. The average Bonchev–Trinajstić information content (AvgIpc) is 2.38. The Morgan fingerprint density at radius 2 is 2.06 bits per heavy atom. The molecule has 0 aromatic carbocycles. The van der Waals surface area contributed by atoms with E-state index in [-0.39, 0.29) is 6.04 Å². The lowest BCUT2D eigenvalue weighted by Crippen LogP contribution is -2.20. The lowest BCUT2D eigenvalue weighted by atomic mass is 10.1. The van der Waals surface area contributed by atoms with Crippen LogP contribution in [0.2, 0.25) is 0 Å². The number of hydrogen-bond donors (Lipinski definition) is 2. The molecule has 1 rings (SSSR count). The maximum atomic E-state index is 13.6. The van der Waals surface area contributed by atoms with Gasteiger partial charge in [0.1, 0.15) is 0 Å². The number of hydrogen-bond acceptors (Lipinski definition) is 4. The molecule has 0 spiro atoms. The first-order chi connectivity index (χ1) is 8.71. The summed E-state index contributed by atoms with van der Waals surface area (Å²) in [6.45, 7) is 7.05. The summed E-state index contributed by atoms with van der Waals surface area (Å²) in [6, 6.07) is 0.262. The minimum atomic E-state index is -0.397. The van der Waals surface area contributed by atoms with E-state index in [1.54, 1.807) is 0 Å². The van der Waals surface area contributed by atoms with Gasteiger partial charge >= 0.3 is 0 Å². The summed E-state index contributed by atoms with van der Waals surface area (Å²) in [7, 11) is 0. The number of aromatic nitrogens is 2. The van der Waals surface area contributed by atoms with Crippen molar-refractivity contribution in [3.8, 4) is 0 Å². The summed E-state index contributed by atoms with van der Waals surface area (Å²) in [6.07, 6.45) is 5.23. The highest BCUT2D eigenvalue weighted by molar-refractivity contribution is 5.41. The first-order valence-corrected chi connectivity index (χ1v) is 6.74. The van der Waals surface area contributed by atoms with E-state index < -0.39 is 5.82 Å². The minimum absolute atomic E-state index is 0.262. The zero-order valence-electron chi connectivity index (χ0n) is 11.5. The second kappa shape index (κ2) is 7.84. The molecule has 0 saturated carbocycles. The zero-order valence-corrected chi connectivity index (χ0v) is 11.5. The van der Waals surface area contributed by atoms with E-state index >= 15 is 0 Å². The average molecular weight is 254 g/mol. The highest BCUT2D eigenvalue weighted by Gasteiger charge is 2.11. The van der Waals surface area contributed by atoms with E-state index in [1.165, 1.54) is 6.20 Å². The molecule has 0 aliphatic carbocycles. The van der Waals surface area contributed by atoms with Crippen LogP contribution in [0.3, 0.4) is 0 Å². The van der Waals surface area contributed by atoms with Crippen molar-refractivity contribution in [3.63, 3.8) is 0 Å². The Hall–Kier alpha value is -1.39. The molecule has 2 N–H and O–H groups in total. The predicted molar refractivity (Wildman–Crippen MR) is 73.4 cm³/mol. The van der Waals surface area contributed by atoms with Crippen molar-refractivity contribution in [1.29, 1.82) is 0 Å². The quantitative estimate of drug-likeness (QED) is 0.746. The molecule has 0 radical (unpaired) electrons. The normalized spacial score (nSPS) is 12.2. The van der Waals surface area contributed by atoms with Gasteiger partial charge in [-0.25, -0.2) is 9.37 Å². The van der Waals surface area contributed by atoms with Crippen LogP contribution in [0.1, 0.15) is 46.5 Å². The molecule has 1 aromatic rings. The summed E-state index contributed by atoms with van der Waals surface area (Å²) < 4.78 is 13.6. The summed E-state index contributed by atoms with van der Waals surface area (Å²) >= 11 is 0. The minimum Gasteiger partial charge on any atom is -0.365 e. The summed E-state index contributed by atoms with van der Waals surface area (Å²) in [4.78, 5) is 8.09. The predicted octanol–water partition coefficient (Wildman–Crippen LogP) is 3.43. The van der Waals surface area contributed by atoms with Gasteiger partial charge in [-0.05, 0) is 19.3 Å². The van der Waals surface area contributed by atoms with Gasteiger partial charge in [-0.15, -0.1) is 0 Å². The smallest absolute Gasteiger partial charge is 0.224 e. The van der Waals surface area contributed by atoms with E-state index in [0.717, 1.165) is 32.2 Å². The van der Waals surface area contributed by atoms with Gasteiger partial charge in [0.05, 0.1) is 6.20 Å². The van der Waals surface area contributed by atoms with Crippen LogP contribution in [0.25, 0.3) is 0 Å². The van der Waals surface area contributed by atoms with E-state index in [9.17, 15) is 4.39 Å². The number of nitrogens with zero attached hydrogens (tertiary/aromatic N) is 2. The third-order valence-corrected chi connectivity index (χ3v) is 2.75. The number of halogens is 1. The van der Waals surface area contributed by atoms with Crippen molar-refractivity contribution in [2.45, 2.75) is 52.5 Å². The number of nitrogens with one attached hydrogen (secondary N) is 2. The fourth-order valence-electron chi connectivity index (χ4n) is 1.71. The first kappa shape index (κ1) is 14.7. The van der Waals surface area contributed by atoms with Crippen LogP contribution < -0.4 is 10.6 Å². The van der Waals surface area contributed by atoms with Crippen molar-refractivity contribution >= 4 is 11.8 Å². The van der Waals surface area contributed by atoms with E-state index in [0.29, 0.717) is 11.8 Å². The molecule has 1 aromatic heterocycles. The van der Waals surface area contributed by atoms with Crippen LogP contribution in [-0.4, -0.2) is 22.6 Å². The lowest BCUT2D eigenvalue weighted by Gasteiger charge is -2.17. The van der Waals surface area contributed by atoms with Crippen molar-refractivity contribution < 1.29 is 4.39 Å². The summed E-state index contributed by atoms with van der Waals surface area (Å²) in [5.74, 6) is 0.377. The van der Waals surface area contributed by atoms with Gasteiger partial charge in [0, 0.05) is 12.6 Å². The molecule has 1 heterocycles. The molecule has 5 heteroatoms. The van der Waals surface area contributed by atoms with Crippen molar-refractivity contribution in [2.24, 2.45) is 0 Å². The third kappa shape index (κ3) is 4.47. The Labute approximate surface area is 108 Å². The second-order valence-corrected chi connectivity index (χ2v) is 4.36. The molecular formula is C13H23FN4. The summed E-state index contributed by atoms with van der Waals surface area (Å²) in [5.41, 5.74) is 0. The van der Waals surface area contributed by atoms with Crippen LogP contribution in [0.4, 0.5) is 16.2 Å². The molecule has 0 amide bonds. The Balaban J connectivity index is 2.73. The third-order valence-electron chi connectivity index (χ3n) is 2.75. The van der Waals surface area contributed by atoms with Gasteiger partial charge in [-0.2, -0.15) is 4.98 Å². The maximum Gasteiger partial charge on any atom is 0.224 e. The Bertz CT molecular complexity index is 357. The monoisotopic (exact) mass is 254 g/mol. The maximum absolute atomic E-state index is 13.6. The zero-order chi connectivity index (χ0) is 13.4. The highest BCUT2D eigenvalue weighted by Crippen LogP contribution is 2.15. The topological polar surface area (TPSA) is 49.8 Å². The molecule has 18 heavy (non-hydrogen) atoms. The number of anilines is 2. The van der Waals surface area contributed by atoms with Crippen LogP contribution in [0, 0.1) is 5.82 Å². The summed E-state index contributed by atoms with van der Waals surface area (Å²) in [5, 5.41) is 6.20. The standard InChI is InChI=1S/C13H23FN4/c1-4-7-10(6-3)17-12-11(14)9-16-13(18-12)15-8-5-2/h9-10H,4-8H2,1-3H3,(H2,15,16,17,18). The van der Waals surface area contributed by atoms with Gasteiger partial charge in [0.25, 0.3) is 0 Å². The van der Waals surface area contributed by atoms with Crippen molar-refractivity contribution in [2.75, 3.05) is 17.2 Å².